The average molecular weight is 250 g/mol. The Bertz CT molecular complexity index is 720. The zero-order valence-electron chi connectivity index (χ0n) is 10.6. The lowest BCUT2D eigenvalue weighted by molar-refractivity contribution is 0.487. The molecule has 19 heavy (non-hydrogen) atoms. The number of aryl methyl sites for hydroxylation is 1. The Balaban J connectivity index is 2.07. The Morgan fingerprint density at radius 1 is 1.05 bits per heavy atom. The van der Waals surface area contributed by atoms with Gasteiger partial charge < -0.3 is 10.5 Å². The van der Waals surface area contributed by atoms with Gasteiger partial charge in [-0.1, -0.05) is 6.07 Å². The van der Waals surface area contributed by atoms with Crippen LogP contribution in [0, 0.1) is 6.92 Å². The number of rotatable bonds is 2. The predicted molar refractivity (Wildman–Crippen MR) is 77.4 cm³/mol. The van der Waals surface area contributed by atoms with Gasteiger partial charge in [-0.15, -0.1) is 0 Å². The van der Waals surface area contributed by atoms with Crippen LogP contribution >= 0.6 is 0 Å². The summed E-state index contributed by atoms with van der Waals surface area (Å²) in [6, 6.07) is 15.4. The van der Waals surface area contributed by atoms with E-state index in [4.69, 9.17) is 10.5 Å². The van der Waals surface area contributed by atoms with E-state index >= 15 is 0 Å². The summed E-state index contributed by atoms with van der Waals surface area (Å²) in [5.41, 5.74) is 8.40. The molecule has 0 amide bonds. The summed E-state index contributed by atoms with van der Waals surface area (Å²) < 4.78 is 5.91. The number of ether oxygens (including phenoxy) is 1. The van der Waals surface area contributed by atoms with E-state index in [9.17, 15) is 0 Å². The molecule has 0 aliphatic carbocycles. The number of aromatic nitrogens is 1. The highest BCUT2D eigenvalue weighted by Crippen LogP contribution is 2.30. The first-order valence-corrected chi connectivity index (χ1v) is 6.11. The molecule has 0 aliphatic heterocycles. The number of benzene rings is 2. The normalized spacial score (nSPS) is 10.6. The molecule has 1 heterocycles. The highest BCUT2D eigenvalue weighted by Gasteiger charge is 2.06. The standard InChI is InChI=1S/C16H14N2O/c1-11-9-12-3-2-8-18-16(12)15(10-11)19-14-6-4-13(17)5-7-14/h2-10H,17H2,1H3. The number of anilines is 1. The van der Waals surface area contributed by atoms with Crippen LogP contribution < -0.4 is 10.5 Å². The number of nitrogens with two attached hydrogens (primary N) is 1. The van der Waals surface area contributed by atoms with Gasteiger partial charge in [0, 0.05) is 17.3 Å². The van der Waals surface area contributed by atoms with E-state index in [2.05, 4.69) is 11.1 Å². The minimum atomic E-state index is 0.722. The third-order valence-corrected chi connectivity index (χ3v) is 2.92. The molecule has 0 atom stereocenters. The summed E-state index contributed by atoms with van der Waals surface area (Å²) >= 11 is 0. The fourth-order valence-electron chi connectivity index (χ4n) is 2.04. The molecule has 0 aliphatic rings. The van der Waals surface area contributed by atoms with E-state index in [0.717, 1.165) is 33.7 Å². The van der Waals surface area contributed by atoms with Crippen molar-refractivity contribution in [3.8, 4) is 11.5 Å². The van der Waals surface area contributed by atoms with Crippen LogP contribution in [-0.2, 0) is 0 Å². The number of fused-ring (bicyclic) bond motifs is 1. The van der Waals surface area contributed by atoms with Gasteiger partial charge in [-0.05, 0) is 55.0 Å². The first-order valence-electron chi connectivity index (χ1n) is 6.11. The highest BCUT2D eigenvalue weighted by atomic mass is 16.5. The molecule has 0 radical (unpaired) electrons. The molecule has 2 aromatic carbocycles. The molecule has 0 spiro atoms. The molecular formula is C16H14N2O. The van der Waals surface area contributed by atoms with Crippen molar-refractivity contribution in [2.75, 3.05) is 5.73 Å². The van der Waals surface area contributed by atoms with Crippen molar-refractivity contribution < 1.29 is 4.74 Å². The lowest BCUT2D eigenvalue weighted by Crippen LogP contribution is -1.90. The summed E-state index contributed by atoms with van der Waals surface area (Å²) in [5.74, 6) is 1.52. The number of hydrogen-bond donors (Lipinski definition) is 1. The van der Waals surface area contributed by atoms with Crippen molar-refractivity contribution in [2.45, 2.75) is 6.92 Å². The molecular weight excluding hydrogens is 236 g/mol. The quantitative estimate of drug-likeness (QED) is 0.701. The molecule has 0 unspecified atom stereocenters. The lowest BCUT2D eigenvalue weighted by atomic mass is 10.1. The third-order valence-electron chi connectivity index (χ3n) is 2.92. The maximum absolute atomic E-state index is 5.91. The third kappa shape index (κ3) is 2.36. The van der Waals surface area contributed by atoms with E-state index in [1.807, 2.05) is 49.4 Å². The van der Waals surface area contributed by atoms with Crippen molar-refractivity contribution in [2.24, 2.45) is 0 Å². The van der Waals surface area contributed by atoms with Crippen molar-refractivity contribution in [1.82, 2.24) is 4.98 Å². The maximum atomic E-state index is 5.91. The van der Waals surface area contributed by atoms with E-state index in [0.29, 0.717) is 0 Å². The smallest absolute Gasteiger partial charge is 0.153 e. The minimum absolute atomic E-state index is 0.722. The second-order valence-corrected chi connectivity index (χ2v) is 4.51. The molecule has 0 fully saturated rings. The topological polar surface area (TPSA) is 48.1 Å². The van der Waals surface area contributed by atoms with Gasteiger partial charge in [-0.3, -0.25) is 4.98 Å². The molecule has 0 bridgehead atoms. The zero-order chi connectivity index (χ0) is 13.2. The summed E-state index contributed by atoms with van der Waals surface area (Å²) in [4.78, 5) is 4.39. The van der Waals surface area contributed by atoms with Crippen LogP contribution in [0.5, 0.6) is 11.5 Å². The van der Waals surface area contributed by atoms with Gasteiger partial charge in [0.05, 0.1) is 0 Å². The zero-order valence-corrected chi connectivity index (χ0v) is 10.6. The Kier molecular flexibility index (Phi) is 2.80. The van der Waals surface area contributed by atoms with Crippen LogP contribution in [0.3, 0.4) is 0 Å². The van der Waals surface area contributed by atoms with E-state index < -0.39 is 0 Å². The number of pyridine rings is 1. The van der Waals surface area contributed by atoms with Gasteiger partial charge in [0.2, 0.25) is 0 Å². The second kappa shape index (κ2) is 4.61. The molecule has 0 saturated heterocycles. The van der Waals surface area contributed by atoms with Crippen molar-refractivity contribution in [1.29, 1.82) is 0 Å². The van der Waals surface area contributed by atoms with Gasteiger partial charge in [0.1, 0.15) is 11.3 Å². The van der Waals surface area contributed by atoms with E-state index in [1.54, 1.807) is 6.20 Å². The van der Waals surface area contributed by atoms with Crippen molar-refractivity contribution in [3.63, 3.8) is 0 Å². The highest BCUT2D eigenvalue weighted by molar-refractivity contribution is 5.85. The fraction of sp³-hybridized carbons (Fsp3) is 0.0625. The average Bonchev–Trinajstić information content (AvgIpc) is 2.41. The monoisotopic (exact) mass is 250 g/mol. The van der Waals surface area contributed by atoms with Gasteiger partial charge >= 0.3 is 0 Å². The number of nitrogen functional groups attached to an aromatic ring is 1. The van der Waals surface area contributed by atoms with Crippen molar-refractivity contribution in [3.05, 3.63) is 60.3 Å². The van der Waals surface area contributed by atoms with E-state index in [-0.39, 0.29) is 0 Å². The molecule has 3 heteroatoms. The minimum Gasteiger partial charge on any atom is -0.455 e. The molecule has 0 saturated carbocycles. The summed E-state index contributed by atoms with van der Waals surface area (Å²) in [5, 5.41) is 1.08. The van der Waals surface area contributed by atoms with Gasteiger partial charge in [0.15, 0.2) is 5.75 Å². The summed E-state index contributed by atoms with van der Waals surface area (Å²) in [6.07, 6.45) is 1.77. The lowest BCUT2D eigenvalue weighted by Gasteiger charge is -2.09. The molecule has 94 valence electrons. The number of nitrogens with zero attached hydrogens (tertiary/aromatic N) is 1. The Morgan fingerprint density at radius 2 is 1.84 bits per heavy atom. The van der Waals surface area contributed by atoms with Crippen LogP contribution in [0.4, 0.5) is 5.69 Å². The first kappa shape index (κ1) is 11.5. The molecule has 2 N–H and O–H groups in total. The molecule has 3 aromatic rings. The molecule has 3 nitrogen and oxygen atoms in total. The van der Waals surface area contributed by atoms with Crippen LogP contribution in [0.1, 0.15) is 5.56 Å². The van der Waals surface area contributed by atoms with Gasteiger partial charge in [0.25, 0.3) is 0 Å². The van der Waals surface area contributed by atoms with Gasteiger partial charge in [-0.2, -0.15) is 0 Å². The maximum Gasteiger partial charge on any atom is 0.153 e. The Morgan fingerprint density at radius 3 is 2.63 bits per heavy atom. The fourth-order valence-corrected chi connectivity index (χ4v) is 2.04. The van der Waals surface area contributed by atoms with Gasteiger partial charge in [-0.25, -0.2) is 0 Å². The van der Waals surface area contributed by atoms with Crippen LogP contribution in [0.25, 0.3) is 10.9 Å². The summed E-state index contributed by atoms with van der Waals surface area (Å²) in [6.45, 7) is 2.04. The summed E-state index contributed by atoms with van der Waals surface area (Å²) in [7, 11) is 0. The molecule has 1 aromatic heterocycles. The predicted octanol–water partition coefficient (Wildman–Crippen LogP) is 3.92. The van der Waals surface area contributed by atoms with Crippen LogP contribution in [-0.4, -0.2) is 4.98 Å². The second-order valence-electron chi connectivity index (χ2n) is 4.51. The Labute approximate surface area is 111 Å². The van der Waals surface area contributed by atoms with Crippen LogP contribution in [0.2, 0.25) is 0 Å². The van der Waals surface area contributed by atoms with E-state index in [1.165, 1.54) is 0 Å². The SMILES string of the molecule is Cc1cc(Oc2ccc(N)cc2)c2ncccc2c1. The van der Waals surface area contributed by atoms with Crippen molar-refractivity contribution >= 4 is 16.6 Å². The van der Waals surface area contributed by atoms with Crippen LogP contribution in [0.15, 0.2) is 54.7 Å². The number of hydrogen-bond acceptors (Lipinski definition) is 3. The molecule has 3 rings (SSSR count). The first-order chi connectivity index (χ1) is 9.22. The largest absolute Gasteiger partial charge is 0.455 e. The Hall–Kier alpha value is -2.55.